The minimum Gasteiger partial charge on any atom is -0.491 e. The first-order chi connectivity index (χ1) is 9.61. The minimum absolute atomic E-state index is 0.0927. The summed E-state index contributed by atoms with van der Waals surface area (Å²) in [6.45, 7) is 5.32. The highest BCUT2D eigenvalue weighted by molar-refractivity contribution is 5.95. The molecule has 1 fully saturated rings. The van der Waals surface area contributed by atoms with Crippen molar-refractivity contribution in [3.05, 3.63) is 29.8 Å². The summed E-state index contributed by atoms with van der Waals surface area (Å²) in [4.78, 5) is 14.6. The summed E-state index contributed by atoms with van der Waals surface area (Å²) in [6, 6.07) is 7.86. The number of ether oxygens (including phenoxy) is 1. The standard InChI is InChI=1S/C16H24N2O2/c1-12(2)20-15-6-3-5-13(11-15)16(19)18(10-4-9-17)14-7-8-14/h3,5-6,11-12,14H,4,7-10,17H2,1-2H3. The number of hydrogen-bond donors (Lipinski definition) is 1. The van der Waals surface area contributed by atoms with Crippen LogP contribution in [0.2, 0.25) is 0 Å². The van der Waals surface area contributed by atoms with Gasteiger partial charge in [0, 0.05) is 18.2 Å². The largest absolute Gasteiger partial charge is 0.491 e. The Morgan fingerprint density at radius 2 is 2.20 bits per heavy atom. The van der Waals surface area contributed by atoms with Crippen LogP contribution in [0.25, 0.3) is 0 Å². The Bertz CT molecular complexity index is 456. The van der Waals surface area contributed by atoms with Gasteiger partial charge in [-0.25, -0.2) is 0 Å². The number of rotatable bonds is 7. The minimum atomic E-state index is 0.0927. The van der Waals surface area contributed by atoms with E-state index in [0.29, 0.717) is 18.2 Å². The molecule has 0 atom stereocenters. The van der Waals surface area contributed by atoms with Crippen LogP contribution in [0.4, 0.5) is 0 Å². The van der Waals surface area contributed by atoms with Crippen molar-refractivity contribution in [1.29, 1.82) is 0 Å². The highest BCUT2D eigenvalue weighted by Gasteiger charge is 2.32. The molecule has 1 aliphatic carbocycles. The van der Waals surface area contributed by atoms with Crippen LogP contribution < -0.4 is 10.5 Å². The third-order valence-corrected chi connectivity index (χ3v) is 3.30. The Morgan fingerprint density at radius 3 is 2.80 bits per heavy atom. The van der Waals surface area contributed by atoms with Crippen molar-refractivity contribution < 1.29 is 9.53 Å². The van der Waals surface area contributed by atoms with Crippen molar-refractivity contribution in [3.8, 4) is 5.75 Å². The van der Waals surface area contributed by atoms with Gasteiger partial charge in [-0.15, -0.1) is 0 Å². The van der Waals surface area contributed by atoms with Gasteiger partial charge in [0.2, 0.25) is 0 Å². The Balaban J connectivity index is 2.09. The highest BCUT2D eigenvalue weighted by Crippen LogP contribution is 2.29. The monoisotopic (exact) mass is 276 g/mol. The molecule has 0 bridgehead atoms. The molecule has 4 heteroatoms. The molecular formula is C16H24N2O2. The molecule has 1 amide bonds. The summed E-state index contributed by atoms with van der Waals surface area (Å²) in [7, 11) is 0. The lowest BCUT2D eigenvalue weighted by atomic mass is 10.1. The third-order valence-electron chi connectivity index (χ3n) is 3.30. The lowest BCUT2D eigenvalue weighted by Crippen LogP contribution is -2.34. The zero-order valence-corrected chi connectivity index (χ0v) is 12.3. The molecule has 1 aromatic carbocycles. The molecule has 0 aromatic heterocycles. The van der Waals surface area contributed by atoms with E-state index in [-0.39, 0.29) is 12.0 Å². The number of carbonyl (C=O) groups excluding carboxylic acids is 1. The molecule has 0 spiro atoms. The normalized spacial score (nSPS) is 14.4. The molecule has 0 saturated heterocycles. The average Bonchev–Trinajstić information content (AvgIpc) is 3.23. The number of carbonyl (C=O) groups is 1. The first-order valence-electron chi connectivity index (χ1n) is 7.39. The van der Waals surface area contributed by atoms with Gasteiger partial charge < -0.3 is 15.4 Å². The molecular weight excluding hydrogens is 252 g/mol. The van der Waals surface area contributed by atoms with Crippen LogP contribution in [0.3, 0.4) is 0 Å². The fourth-order valence-corrected chi connectivity index (χ4v) is 2.24. The fourth-order valence-electron chi connectivity index (χ4n) is 2.24. The summed E-state index contributed by atoms with van der Waals surface area (Å²) in [6.07, 6.45) is 3.18. The molecule has 4 nitrogen and oxygen atoms in total. The maximum absolute atomic E-state index is 12.6. The van der Waals surface area contributed by atoms with E-state index in [4.69, 9.17) is 10.5 Å². The van der Waals surface area contributed by atoms with E-state index in [0.717, 1.165) is 31.6 Å². The van der Waals surface area contributed by atoms with E-state index in [1.165, 1.54) is 0 Å². The van der Waals surface area contributed by atoms with Crippen molar-refractivity contribution in [2.45, 2.75) is 45.3 Å². The summed E-state index contributed by atoms with van der Waals surface area (Å²) >= 11 is 0. The van der Waals surface area contributed by atoms with Crippen molar-refractivity contribution in [2.24, 2.45) is 5.73 Å². The summed E-state index contributed by atoms with van der Waals surface area (Å²) < 4.78 is 5.65. The average molecular weight is 276 g/mol. The van der Waals surface area contributed by atoms with E-state index in [9.17, 15) is 4.79 Å². The number of nitrogens with two attached hydrogens (primary N) is 1. The summed E-state index contributed by atoms with van der Waals surface area (Å²) in [5, 5.41) is 0. The van der Waals surface area contributed by atoms with Crippen molar-refractivity contribution in [2.75, 3.05) is 13.1 Å². The van der Waals surface area contributed by atoms with E-state index in [1.54, 1.807) is 0 Å². The van der Waals surface area contributed by atoms with Gasteiger partial charge in [-0.1, -0.05) is 6.07 Å². The lowest BCUT2D eigenvalue weighted by Gasteiger charge is -2.22. The first-order valence-corrected chi connectivity index (χ1v) is 7.39. The Hall–Kier alpha value is -1.55. The van der Waals surface area contributed by atoms with Gasteiger partial charge in [0.25, 0.3) is 5.91 Å². The van der Waals surface area contributed by atoms with Gasteiger partial charge in [0.15, 0.2) is 0 Å². The highest BCUT2D eigenvalue weighted by atomic mass is 16.5. The van der Waals surface area contributed by atoms with Gasteiger partial charge in [-0.2, -0.15) is 0 Å². The van der Waals surface area contributed by atoms with Crippen LogP contribution in [0.1, 0.15) is 43.5 Å². The lowest BCUT2D eigenvalue weighted by molar-refractivity contribution is 0.0741. The fraction of sp³-hybridized carbons (Fsp3) is 0.562. The molecule has 0 heterocycles. The molecule has 20 heavy (non-hydrogen) atoms. The molecule has 1 saturated carbocycles. The topological polar surface area (TPSA) is 55.6 Å². The van der Waals surface area contributed by atoms with Crippen LogP contribution in [-0.2, 0) is 0 Å². The molecule has 1 aliphatic rings. The molecule has 1 aromatic rings. The summed E-state index contributed by atoms with van der Waals surface area (Å²) in [5.74, 6) is 0.843. The van der Waals surface area contributed by atoms with Crippen LogP contribution in [0, 0.1) is 0 Å². The van der Waals surface area contributed by atoms with E-state index in [1.807, 2.05) is 43.0 Å². The van der Waals surface area contributed by atoms with Crippen molar-refractivity contribution in [1.82, 2.24) is 4.90 Å². The Kier molecular flexibility index (Phi) is 5.01. The van der Waals surface area contributed by atoms with Crippen LogP contribution in [0.15, 0.2) is 24.3 Å². The van der Waals surface area contributed by atoms with Crippen LogP contribution >= 0.6 is 0 Å². The Labute approximate surface area is 120 Å². The molecule has 2 N–H and O–H groups in total. The van der Waals surface area contributed by atoms with Crippen LogP contribution in [0.5, 0.6) is 5.75 Å². The van der Waals surface area contributed by atoms with Gasteiger partial charge in [-0.3, -0.25) is 4.79 Å². The van der Waals surface area contributed by atoms with E-state index >= 15 is 0 Å². The number of nitrogens with zero attached hydrogens (tertiary/aromatic N) is 1. The van der Waals surface area contributed by atoms with Crippen LogP contribution in [-0.4, -0.2) is 36.0 Å². The second-order valence-corrected chi connectivity index (χ2v) is 5.57. The van der Waals surface area contributed by atoms with E-state index in [2.05, 4.69) is 0 Å². The second-order valence-electron chi connectivity index (χ2n) is 5.57. The SMILES string of the molecule is CC(C)Oc1cccc(C(=O)N(CCCN)C2CC2)c1. The maximum Gasteiger partial charge on any atom is 0.254 e. The number of hydrogen-bond acceptors (Lipinski definition) is 3. The molecule has 0 unspecified atom stereocenters. The molecule has 0 aliphatic heterocycles. The van der Waals surface area contributed by atoms with E-state index < -0.39 is 0 Å². The molecule has 110 valence electrons. The smallest absolute Gasteiger partial charge is 0.254 e. The number of benzene rings is 1. The van der Waals surface area contributed by atoms with Crippen molar-refractivity contribution >= 4 is 5.91 Å². The zero-order chi connectivity index (χ0) is 14.5. The summed E-state index contributed by atoms with van der Waals surface area (Å²) in [5.41, 5.74) is 6.26. The van der Waals surface area contributed by atoms with Crippen molar-refractivity contribution in [3.63, 3.8) is 0 Å². The Morgan fingerprint density at radius 1 is 1.45 bits per heavy atom. The predicted octanol–water partition coefficient (Wildman–Crippen LogP) is 2.43. The molecule has 2 rings (SSSR count). The second kappa shape index (κ2) is 6.75. The third kappa shape index (κ3) is 3.97. The molecule has 0 radical (unpaired) electrons. The zero-order valence-electron chi connectivity index (χ0n) is 12.3. The predicted molar refractivity (Wildman–Crippen MR) is 79.9 cm³/mol. The van der Waals surface area contributed by atoms with Gasteiger partial charge in [-0.05, 0) is 57.9 Å². The van der Waals surface area contributed by atoms with Gasteiger partial charge in [0.05, 0.1) is 6.10 Å². The quantitative estimate of drug-likeness (QED) is 0.832. The van der Waals surface area contributed by atoms with Gasteiger partial charge >= 0.3 is 0 Å². The number of amides is 1. The van der Waals surface area contributed by atoms with Gasteiger partial charge in [0.1, 0.15) is 5.75 Å². The first kappa shape index (κ1) is 14.9. The maximum atomic E-state index is 12.6.